The minimum absolute atomic E-state index is 0.0120. The van der Waals surface area contributed by atoms with Gasteiger partial charge in [-0.3, -0.25) is 14.4 Å². The number of rotatable bonds is 6. The van der Waals surface area contributed by atoms with E-state index in [0.29, 0.717) is 54.9 Å². The average Bonchev–Trinajstić information content (AvgIpc) is 2.86. The molecule has 36 heavy (non-hydrogen) atoms. The van der Waals surface area contributed by atoms with E-state index in [2.05, 4.69) is 10.6 Å². The molecule has 4 aliphatic rings. The number of ketones is 1. The number of hydrogen-bond acceptors (Lipinski definition) is 5. The molecule has 1 heterocycles. The number of benzene rings is 2. The second-order valence-electron chi connectivity index (χ2n) is 9.84. The van der Waals surface area contributed by atoms with E-state index >= 15 is 0 Å². The van der Waals surface area contributed by atoms with Crippen molar-refractivity contribution in [2.24, 2.45) is 0 Å². The number of hydrogen-bond donors (Lipinski definition) is 2. The van der Waals surface area contributed by atoms with Gasteiger partial charge in [-0.1, -0.05) is 23.2 Å². The van der Waals surface area contributed by atoms with E-state index in [0.717, 1.165) is 6.07 Å². The fraction of sp³-hybridized carbons (Fsp3) is 0.423. The van der Waals surface area contributed by atoms with Gasteiger partial charge in [-0.25, -0.2) is 4.39 Å². The van der Waals surface area contributed by atoms with Gasteiger partial charge in [0.05, 0.1) is 17.0 Å². The number of Topliss-reactive ketones (excluding diaryl/α,β-unsaturated/α-hetero) is 1. The third-order valence-corrected chi connectivity index (χ3v) is 8.02. The van der Waals surface area contributed by atoms with Crippen molar-refractivity contribution in [3.8, 4) is 11.5 Å². The van der Waals surface area contributed by atoms with Crippen molar-refractivity contribution < 1.29 is 28.2 Å². The second-order valence-corrected chi connectivity index (χ2v) is 10.7. The maximum absolute atomic E-state index is 13.6. The topological polar surface area (TPSA) is 93.7 Å². The third kappa shape index (κ3) is 5.02. The van der Waals surface area contributed by atoms with Crippen molar-refractivity contribution in [2.45, 2.75) is 62.1 Å². The summed E-state index contributed by atoms with van der Waals surface area (Å²) in [6.45, 7) is -0.232. The highest BCUT2D eigenvalue weighted by atomic mass is 35.5. The van der Waals surface area contributed by atoms with Crippen LogP contribution in [0, 0.1) is 5.82 Å². The first-order chi connectivity index (χ1) is 17.2. The molecule has 0 spiro atoms. The quantitative estimate of drug-likeness (QED) is 0.563. The van der Waals surface area contributed by atoms with Crippen LogP contribution in [0.15, 0.2) is 36.4 Å². The van der Waals surface area contributed by atoms with Crippen LogP contribution in [0.1, 0.15) is 55.3 Å². The molecule has 2 aromatic rings. The summed E-state index contributed by atoms with van der Waals surface area (Å²) in [5.41, 5.74) is -0.341. The molecule has 1 unspecified atom stereocenters. The molecule has 3 aliphatic carbocycles. The number of amides is 2. The monoisotopic (exact) mass is 534 g/mol. The van der Waals surface area contributed by atoms with Crippen LogP contribution in [-0.4, -0.2) is 41.4 Å². The highest BCUT2D eigenvalue weighted by Gasteiger charge is 2.50. The number of ether oxygens (including phenoxy) is 2. The molecule has 1 atom stereocenters. The van der Waals surface area contributed by atoms with Crippen molar-refractivity contribution in [3.05, 3.63) is 57.8 Å². The Morgan fingerprint density at radius 2 is 1.67 bits per heavy atom. The summed E-state index contributed by atoms with van der Waals surface area (Å²) in [6, 6.07) is 8.82. The number of fused-ring (bicyclic) bond motifs is 4. The molecule has 10 heteroatoms. The minimum atomic E-state index is -0.885. The van der Waals surface area contributed by atoms with E-state index in [1.807, 2.05) is 0 Å². The summed E-state index contributed by atoms with van der Waals surface area (Å²) in [4.78, 5) is 38.1. The van der Waals surface area contributed by atoms with Crippen molar-refractivity contribution in [2.75, 3.05) is 6.61 Å². The summed E-state index contributed by atoms with van der Waals surface area (Å²) in [6.07, 6.45) is 3.32. The van der Waals surface area contributed by atoms with Gasteiger partial charge < -0.3 is 20.1 Å². The smallest absolute Gasteiger partial charge is 0.261 e. The molecule has 6 rings (SSSR count). The fourth-order valence-electron chi connectivity index (χ4n) is 5.39. The van der Waals surface area contributed by atoms with Crippen LogP contribution in [0.4, 0.5) is 4.39 Å². The molecule has 3 saturated carbocycles. The van der Waals surface area contributed by atoms with Gasteiger partial charge in [-0.2, -0.15) is 0 Å². The SMILES string of the molecule is O=C(COc1ccc(Cl)c(F)c1)NC12CCC(NC(=O)C3CC(=O)c4cc(Cl)ccc4O3)(CC1)CC2. The molecule has 1 aliphatic heterocycles. The largest absolute Gasteiger partial charge is 0.484 e. The van der Waals surface area contributed by atoms with Crippen LogP contribution in [0.3, 0.4) is 0 Å². The van der Waals surface area contributed by atoms with Crippen LogP contribution in [0.25, 0.3) is 0 Å². The van der Waals surface area contributed by atoms with Crippen LogP contribution in [-0.2, 0) is 9.59 Å². The van der Waals surface area contributed by atoms with Gasteiger partial charge in [0.2, 0.25) is 0 Å². The summed E-state index contributed by atoms with van der Waals surface area (Å²) in [5, 5.41) is 6.68. The molecule has 190 valence electrons. The summed E-state index contributed by atoms with van der Waals surface area (Å²) in [7, 11) is 0. The lowest BCUT2D eigenvalue weighted by Crippen LogP contribution is -2.65. The predicted molar refractivity (Wildman–Crippen MR) is 131 cm³/mol. The molecule has 0 radical (unpaired) electrons. The molecule has 3 fully saturated rings. The zero-order valence-corrected chi connectivity index (χ0v) is 20.9. The molecular weight excluding hydrogens is 510 g/mol. The molecule has 0 saturated heterocycles. The van der Waals surface area contributed by atoms with Crippen LogP contribution >= 0.6 is 23.2 Å². The van der Waals surface area contributed by atoms with Crippen molar-refractivity contribution in [3.63, 3.8) is 0 Å². The van der Waals surface area contributed by atoms with E-state index in [4.69, 9.17) is 32.7 Å². The normalized spacial score (nSPS) is 26.5. The predicted octanol–water partition coefficient (Wildman–Crippen LogP) is 4.62. The molecule has 2 amide bonds. The molecular formula is C26H25Cl2FN2O5. The van der Waals surface area contributed by atoms with E-state index in [9.17, 15) is 18.8 Å². The number of carbonyl (C=O) groups is 3. The Balaban J connectivity index is 1.14. The van der Waals surface area contributed by atoms with E-state index in [-0.39, 0.29) is 52.5 Å². The lowest BCUT2D eigenvalue weighted by molar-refractivity contribution is -0.133. The van der Waals surface area contributed by atoms with Crippen molar-refractivity contribution >= 4 is 40.8 Å². The van der Waals surface area contributed by atoms with E-state index in [1.54, 1.807) is 18.2 Å². The number of carbonyl (C=O) groups excluding carboxylic acids is 3. The first-order valence-electron chi connectivity index (χ1n) is 11.9. The first kappa shape index (κ1) is 24.8. The van der Waals surface area contributed by atoms with Gasteiger partial charge in [0.15, 0.2) is 18.5 Å². The molecule has 2 bridgehead atoms. The highest BCUT2D eigenvalue weighted by Crippen LogP contribution is 2.47. The minimum Gasteiger partial charge on any atom is -0.484 e. The second kappa shape index (κ2) is 9.56. The maximum Gasteiger partial charge on any atom is 0.261 e. The molecule has 2 N–H and O–H groups in total. The fourth-order valence-corrected chi connectivity index (χ4v) is 5.68. The van der Waals surface area contributed by atoms with Gasteiger partial charge in [0.1, 0.15) is 17.3 Å². The Labute approximate surface area is 217 Å². The Hall–Kier alpha value is -2.84. The Kier molecular flexibility index (Phi) is 6.59. The highest BCUT2D eigenvalue weighted by molar-refractivity contribution is 6.31. The van der Waals surface area contributed by atoms with Crippen molar-refractivity contribution in [1.29, 1.82) is 0 Å². The lowest BCUT2D eigenvalue weighted by Gasteiger charge is -2.54. The average molecular weight is 535 g/mol. The van der Waals surface area contributed by atoms with Gasteiger partial charge in [0, 0.05) is 22.2 Å². The Bertz CT molecular complexity index is 1210. The van der Waals surface area contributed by atoms with Crippen LogP contribution in [0.5, 0.6) is 11.5 Å². The zero-order chi connectivity index (χ0) is 25.5. The maximum atomic E-state index is 13.6. The van der Waals surface area contributed by atoms with Gasteiger partial charge in [0.25, 0.3) is 11.8 Å². The summed E-state index contributed by atoms with van der Waals surface area (Å²) >= 11 is 11.6. The van der Waals surface area contributed by atoms with E-state index in [1.165, 1.54) is 12.1 Å². The number of halogens is 3. The summed E-state index contributed by atoms with van der Waals surface area (Å²) < 4.78 is 24.8. The standard InChI is InChI=1S/C26H25Cl2FN2O5/c27-15-1-4-21-17(11-15)20(32)13-22(36-21)24(34)31-26-8-5-25(6-9-26,7-10-26)30-23(33)14-35-16-2-3-18(28)19(29)12-16/h1-4,11-12,22H,5-10,13-14H2,(H,30,33)(H,31,34). The van der Waals surface area contributed by atoms with Crippen LogP contribution < -0.4 is 20.1 Å². The van der Waals surface area contributed by atoms with Gasteiger partial charge in [-0.05, 0) is 68.9 Å². The van der Waals surface area contributed by atoms with Gasteiger partial charge >= 0.3 is 0 Å². The lowest BCUT2D eigenvalue weighted by atomic mass is 9.61. The van der Waals surface area contributed by atoms with Crippen molar-refractivity contribution in [1.82, 2.24) is 10.6 Å². The molecule has 0 aromatic heterocycles. The molecule has 7 nitrogen and oxygen atoms in total. The number of nitrogens with one attached hydrogen (secondary N) is 2. The zero-order valence-electron chi connectivity index (χ0n) is 19.4. The molecule has 2 aromatic carbocycles. The Morgan fingerprint density at radius 3 is 2.33 bits per heavy atom. The first-order valence-corrected chi connectivity index (χ1v) is 12.6. The van der Waals surface area contributed by atoms with Crippen LogP contribution in [0.2, 0.25) is 10.0 Å². The third-order valence-electron chi connectivity index (χ3n) is 7.47. The summed E-state index contributed by atoms with van der Waals surface area (Å²) in [5.74, 6) is -0.766. The van der Waals surface area contributed by atoms with E-state index < -0.39 is 11.9 Å². The van der Waals surface area contributed by atoms with Gasteiger partial charge in [-0.15, -0.1) is 0 Å². The Morgan fingerprint density at radius 1 is 1.00 bits per heavy atom.